The molecule has 1 aromatic carbocycles. The Morgan fingerprint density at radius 2 is 1.74 bits per heavy atom. The molecule has 0 N–H and O–H groups in total. The standard InChI is InChI=1S/C19H20FN3/c1-15-5-12-19(20)21-14-23(4)18(13-15)11-8-16-6-9-17(10-7-16)22(2)3/h5-7,9-10,12-14H,1-4H3. The third-order valence-corrected chi connectivity index (χ3v) is 3.30. The maximum Gasteiger partial charge on any atom is 0.214 e. The molecule has 3 nitrogen and oxygen atoms in total. The highest BCUT2D eigenvalue weighted by Crippen LogP contribution is 2.11. The lowest BCUT2D eigenvalue weighted by Gasteiger charge is -2.11. The van der Waals surface area contributed by atoms with E-state index in [0.717, 1.165) is 22.5 Å². The summed E-state index contributed by atoms with van der Waals surface area (Å²) in [7, 11) is 5.80. The fourth-order valence-corrected chi connectivity index (χ4v) is 1.92. The maximum atomic E-state index is 13.4. The smallest absolute Gasteiger partial charge is 0.214 e. The molecule has 0 amide bonds. The van der Waals surface area contributed by atoms with Crippen molar-refractivity contribution in [2.45, 2.75) is 6.92 Å². The number of hydrogen-bond acceptors (Lipinski definition) is 2. The van der Waals surface area contributed by atoms with Crippen molar-refractivity contribution in [1.29, 1.82) is 0 Å². The number of aryl methyl sites for hydroxylation is 2. The van der Waals surface area contributed by atoms with Crippen LogP contribution in [-0.4, -0.2) is 23.6 Å². The van der Waals surface area contributed by atoms with E-state index in [1.807, 2.05) is 56.3 Å². The predicted octanol–water partition coefficient (Wildman–Crippen LogP) is 3.46. The summed E-state index contributed by atoms with van der Waals surface area (Å²) < 4.78 is 15.1. The van der Waals surface area contributed by atoms with Crippen molar-refractivity contribution >= 4 is 5.69 Å². The van der Waals surface area contributed by atoms with Gasteiger partial charge in [0.1, 0.15) is 0 Å². The molecule has 0 atom stereocenters. The molecule has 1 aromatic heterocycles. The normalized spacial score (nSPS) is 9.61. The Morgan fingerprint density at radius 3 is 2.39 bits per heavy atom. The summed E-state index contributed by atoms with van der Waals surface area (Å²) in [6.45, 7) is 1.90. The van der Waals surface area contributed by atoms with Gasteiger partial charge in [-0.05, 0) is 54.8 Å². The van der Waals surface area contributed by atoms with Crippen molar-refractivity contribution in [3.8, 4) is 11.8 Å². The average Bonchev–Trinajstić information content (AvgIpc) is 2.59. The number of nitrogens with zero attached hydrogens (tertiary/aromatic N) is 3. The molecular formula is C19H20FN3. The number of anilines is 1. The second kappa shape index (κ2) is 7.46. The van der Waals surface area contributed by atoms with Gasteiger partial charge < -0.3 is 9.47 Å². The fraction of sp³-hybridized carbons (Fsp3) is 0.211. The lowest BCUT2D eigenvalue weighted by molar-refractivity contribution is 0.580. The molecule has 0 saturated heterocycles. The number of hydrogen-bond donors (Lipinski definition) is 0. The molecule has 0 saturated carbocycles. The molecule has 0 fully saturated rings. The minimum Gasteiger partial charge on any atom is -0.378 e. The van der Waals surface area contributed by atoms with Gasteiger partial charge in [-0.2, -0.15) is 4.39 Å². The summed E-state index contributed by atoms with van der Waals surface area (Å²) in [6.07, 6.45) is 1.42. The molecule has 0 aliphatic heterocycles. The third kappa shape index (κ3) is 4.86. The Kier molecular flexibility index (Phi) is 5.37. The Balaban J connectivity index is 2.43. The molecule has 0 radical (unpaired) electrons. The van der Waals surface area contributed by atoms with Crippen LogP contribution in [0.5, 0.6) is 0 Å². The van der Waals surface area contributed by atoms with Crippen LogP contribution in [0.15, 0.2) is 48.8 Å². The summed E-state index contributed by atoms with van der Waals surface area (Å²) in [6, 6.07) is 12.9. The number of aromatic nitrogens is 2. The van der Waals surface area contributed by atoms with Gasteiger partial charge in [-0.25, -0.2) is 4.98 Å². The van der Waals surface area contributed by atoms with E-state index >= 15 is 0 Å². The number of halogens is 1. The second-order valence-corrected chi connectivity index (χ2v) is 5.48. The van der Waals surface area contributed by atoms with E-state index < -0.39 is 5.95 Å². The van der Waals surface area contributed by atoms with E-state index in [1.165, 1.54) is 12.4 Å². The van der Waals surface area contributed by atoms with E-state index in [0.29, 0.717) is 0 Å². The van der Waals surface area contributed by atoms with Crippen LogP contribution in [0.2, 0.25) is 0 Å². The van der Waals surface area contributed by atoms with E-state index in [2.05, 4.69) is 16.8 Å². The first kappa shape index (κ1) is 16.6. The van der Waals surface area contributed by atoms with Gasteiger partial charge >= 0.3 is 0 Å². The Hall–Kier alpha value is -2.80. The fourth-order valence-electron chi connectivity index (χ4n) is 1.92. The van der Waals surface area contributed by atoms with Gasteiger partial charge in [0.25, 0.3) is 0 Å². The van der Waals surface area contributed by atoms with Crippen LogP contribution in [0.3, 0.4) is 0 Å². The summed E-state index contributed by atoms with van der Waals surface area (Å²) >= 11 is 0. The van der Waals surface area contributed by atoms with Crippen LogP contribution in [0.4, 0.5) is 10.1 Å². The van der Waals surface area contributed by atoms with Gasteiger partial charge in [-0.3, -0.25) is 0 Å². The lowest BCUT2D eigenvalue weighted by Crippen LogP contribution is -2.07. The third-order valence-electron chi connectivity index (χ3n) is 3.30. The van der Waals surface area contributed by atoms with Gasteiger partial charge in [0.05, 0.1) is 12.0 Å². The van der Waals surface area contributed by atoms with E-state index in [9.17, 15) is 4.39 Å². The quantitative estimate of drug-likeness (QED) is 0.752. The number of rotatable bonds is 1. The second-order valence-electron chi connectivity index (χ2n) is 5.48. The first-order chi connectivity index (χ1) is 11.0. The molecule has 2 rings (SSSR count). The first-order valence-electron chi connectivity index (χ1n) is 7.28. The van der Waals surface area contributed by atoms with Crippen molar-refractivity contribution in [3.63, 3.8) is 0 Å². The largest absolute Gasteiger partial charge is 0.378 e. The molecule has 0 unspecified atom stereocenters. The highest BCUT2D eigenvalue weighted by atomic mass is 19.1. The minimum absolute atomic E-state index is 0.530. The number of benzene rings is 1. The predicted molar refractivity (Wildman–Crippen MR) is 92.3 cm³/mol. The molecule has 23 heavy (non-hydrogen) atoms. The topological polar surface area (TPSA) is 21.1 Å². The van der Waals surface area contributed by atoms with Crippen LogP contribution < -0.4 is 4.90 Å². The lowest BCUT2D eigenvalue weighted by atomic mass is 10.2. The van der Waals surface area contributed by atoms with Crippen LogP contribution in [0.1, 0.15) is 16.8 Å². The Bertz CT molecular complexity index is 792. The molecule has 118 valence electrons. The van der Waals surface area contributed by atoms with Crippen LogP contribution in [-0.2, 0) is 7.05 Å². The highest BCUT2D eigenvalue weighted by molar-refractivity contribution is 5.50. The van der Waals surface area contributed by atoms with Gasteiger partial charge in [-0.15, -0.1) is 0 Å². The molecule has 0 aliphatic rings. The molecule has 0 spiro atoms. The van der Waals surface area contributed by atoms with Crippen LogP contribution in [0.25, 0.3) is 0 Å². The van der Waals surface area contributed by atoms with Crippen molar-refractivity contribution in [1.82, 2.24) is 9.55 Å². The van der Waals surface area contributed by atoms with Crippen LogP contribution in [0, 0.1) is 24.7 Å². The zero-order valence-corrected chi connectivity index (χ0v) is 13.8. The van der Waals surface area contributed by atoms with Gasteiger partial charge in [0.2, 0.25) is 5.95 Å². The van der Waals surface area contributed by atoms with E-state index in [-0.39, 0.29) is 0 Å². The molecule has 0 bridgehead atoms. The highest BCUT2D eigenvalue weighted by Gasteiger charge is 1.95. The molecule has 2 aromatic rings. The molecular weight excluding hydrogens is 289 g/mol. The van der Waals surface area contributed by atoms with Gasteiger partial charge in [-0.1, -0.05) is 12.0 Å². The zero-order valence-electron chi connectivity index (χ0n) is 13.8. The SMILES string of the molecule is Cc1ccc(F)ncn(C)c(C#Cc2ccc(N(C)C)cc2)c1. The molecule has 0 aliphatic carbocycles. The van der Waals surface area contributed by atoms with E-state index in [1.54, 1.807) is 17.7 Å². The summed E-state index contributed by atoms with van der Waals surface area (Å²) in [5, 5.41) is 0. The van der Waals surface area contributed by atoms with Gasteiger partial charge in [0, 0.05) is 32.4 Å². The van der Waals surface area contributed by atoms with Crippen molar-refractivity contribution in [2.75, 3.05) is 19.0 Å². The average molecular weight is 309 g/mol. The monoisotopic (exact) mass is 309 g/mol. The zero-order chi connectivity index (χ0) is 16.8. The molecule has 4 heteroatoms. The summed E-state index contributed by atoms with van der Waals surface area (Å²) in [4.78, 5) is 5.77. The van der Waals surface area contributed by atoms with Crippen molar-refractivity contribution in [2.24, 2.45) is 7.05 Å². The van der Waals surface area contributed by atoms with Crippen molar-refractivity contribution in [3.05, 3.63) is 71.6 Å². The van der Waals surface area contributed by atoms with Gasteiger partial charge in [0.15, 0.2) is 0 Å². The molecule has 1 heterocycles. The Labute approximate surface area is 136 Å². The van der Waals surface area contributed by atoms with Crippen LogP contribution >= 0.6 is 0 Å². The first-order valence-corrected chi connectivity index (χ1v) is 7.28. The minimum atomic E-state index is -0.530. The summed E-state index contributed by atoms with van der Waals surface area (Å²) in [5.74, 6) is 5.73. The Morgan fingerprint density at radius 1 is 1.04 bits per heavy atom. The maximum absolute atomic E-state index is 13.4. The van der Waals surface area contributed by atoms with Crippen molar-refractivity contribution < 1.29 is 4.39 Å². The summed E-state index contributed by atoms with van der Waals surface area (Å²) in [5.41, 5.74) is 3.71. The van der Waals surface area contributed by atoms with E-state index in [4.69, 9.17) is 0 Å².